The molecular weight excluding hydrogens is 354 g/mol. The zero-order valence-corrected chi connectivity index (χ0v) is 16.7. The van der Waals surface area contributed by atoms with Crippen LogP contribution < -0.4 is 15.8 Å². The van der Waals surface area contributed by atoms with Crippen LogP contribution in [0.15, 0.2) is 47.4 Å². The van der Waals surface area contributed by atoms with Gasteiger partial charge in [0.25, 0.3) is 5.56 Å². The van der Waals surface area contributed by atoms with Gasteiger partial charge in [0.2, 0.25) is 5.91 Å². The van der Waals surface area contributed by atoms with Gasteiger partial charge in [-0.15, -0.1) is 0 Å². The molecule has 1 unspecified atom stereocenters. The summed E-state index contributed by atoms with van der Waals surface area (Å²) in [5.41, 5.74) is 1.94. The lowest BCUT2D eigenvalue weighted by atomic mass is 10.1. The van der Waals surface area contributed by atoms with Crippen molar-refractivity contribution in [3.8, 4) is 0 Å². The average molecular weight is 383 g/mol. The third kappa shape index (κ3) is 5.19. The third-order valence-corrected chi connectivity index (χ3v) is 5.30. The molecule has 0 bridgehead atoms. The average Bonchev–Trinajstić information content (AvgIpc) is 3.20. The highest BCUT2D eigenvalue weighted by Crippen LogP contribution is 2.22. The van der Waals surface area contributed by atoms with Crippen molar-refractivity contribution in [3.63, 3.8) is 0 Å². The van der Waals surface area contributed by atoms with Gasteiger partial charge in [-0.05, 0) is 18.5 Å². The number of benzene rings is 1. The topological polar surface area (TPSA) is 70.5 Å². The number of hydrogen-bond donors (Lipinski definition) is 1. The lowest BCUT2D eigenvalue weighted by Crippen LogP contribution is -2.38. The van der Waals surface area contributed by atoms with Crippen molar-refractivity contribution in [3.05, 3.63) is 58.5 Å². The van der Waals surface area contributed by atoms with Crippen LogP contribution >= 0.6 is 0 Å². The first-order valence-electron chi connectivity index (χ1n) is 9.89. The molecule has 1 aromatic heterocycles. The molecule has 2 aromatic rings. The van der Waals surface area contributed by atoms with E-state index in [0.717, 1.165) is 38.3 Å². The number of aromatic nitrogens is 2. The molecule has 28 heavy (non-hydrogen) atoms. The Labute approximate surface area is 166 Å². The van der Waals surface area contributed by atoms with Crippen LogP contribution in [0.2, 0.25) is 0 Å². The number of nitrogens with zero attached hydrogens (tertiary/aromatic N) is 4. The fourth-order valence-electron chi connectivity index (χ4n) is 3.51. The maximum absolute atomic E-state index is 12.5. The van der Waals surface area contributed by atoms with Gasteiger partial charge >= 0.3 is 0 Å². The van der Waals surface area contributed by atoms with Crippen molar-refractivity contribution in [1.82, 2.24) is 20.0 Å². The van der Waals surface area contributed by atoms with Crippen LogP contribution in [0.5, 0.6) is 0 Å². The van der Waals surface area contributed by atoms with Crippen LogP contribution in [0.4, 0.5) is 5.69 Å². The maximum Gasteiger partial charge on any atom is 0.268 e. The molecule has 1 N–H and O–H groups in total. The fourth-order valence-corrected chi connectivity index (χ4v) is 3.51. The Morgan fingerprint density at radius 2 is 2.11 bits per heavy atom. The van der Waals surface area contributed by atoms with Crippen LogP contribution in [0.3, 0.4) is 0 Å². The lowest BCUT2D eigenvalue weighted by molar-refractivity contribution is -0.124. The first-order valence-corrected chi connectivity index (χ1v) is 9.89. The van der Waals surface area contributed by atoms with Gasteiger partial charge in [-0.2, -0.15) is 5.10 Å². The second-order valence-corrected chi connectivity index (χ2v) is 7.25. The van der Waals surface area contributed by atoms with E-state index < -0.39 is 0 Å². The molecule has 7 heteroatoms. The predicted molar refractivity (Wildman–Crippen MR) is 110 cm³/mol. The van der Waals surface area contributed by atoms with Gasteiger partial charge in [-0.3, -0.25) is 14.5 Å². The summed E-state index contributed by atoms with van der Waals surface area (Å²) in [5, 5.41) is 7.14. The Morgan fingerprint density at radius 1 is 1.32 bits per heavy atom. The van der Waals surface area contributed by atoms with Crippen LogP contribution in [0, 0.1) is 5.92 Å². The molecule has 1 saturated heterocycles. The number of hydrogen-bond acceptors (Lipinski definition) is 5. The molecule has 0 radical (unpaired) electrons. The van der Waals surface area contributed by atoms with E-state index in [1.165, 1.54) is 10.2 Å². The minimum atomic E-state index is -0.136. The predicted octanol–water partition coefficient (Wildman–Crippen LogP) is 1.24. The lowest BCUT2D eigenvalue weighted by Gasteiger charge is -2.21. The van der Waals surface area contributed by atoms with Crippen LogP contribution in [-0.4, -0.2) is 53.3 Å². The molecular formula is C21H29N5O2. The number of rotatable bonds is 8. The SMILES string of the molecule is CCN(CCNC(=O)C1CCN(c2cnn(C)c(=O)c2)C1)Cc1ccccc1. The Balaban J connectivity index is 1.44. The maximum atomic E-state index is 12.5. The number of carbonyl (C=O) groups is 1. The molecule has 1 aliphatic heterocycles. The summed E-state index contributed by atoms with van der Waals surface area (Å²) >= 11 is 0. The highest BCUT2D eigenvalue weighted by atomic mass is 16.2. The molecule has 2 heterocycles. The molecule has 7 nitrogen and oxygen atoms in total. The third-order valence-electron chi connectivity index (χ3n) is 5.30. The second kappa shape index (κ2) is 9.50. The largest absolute Gasteiger partial charge is 0.369 e. The molecule has 1 fully saturated rings. The Hall–Kier alpha value is -2.67. The minimum absolute atomic E-state index is 0.0479. The molecule has 150 valence electrons. The zero-order chi connectivity index (χ0) is 19.9. The van der Waals surface area contributed by atoms with Gasteiger partial charge in [0, 0.05) is 45.8 Å². The second-order valence-electron chi connectivity index (χ2n) is 7.25. The van der Waals surface area contributed by atoms with Crippen molar-refractivity contribution in [1.29, 1.82) is 0 Å². The summed E-state index contributed by atoms with van der Waals surface area (Å²) in [4.78, 5) is 28.7. The van der Waals surface area contributed by atoms with Gasteiger partial charge in [0.1, 0.15) is 0 Å². The fraction of sp³-hybridized carbons (Fsp3) is 0.476. The normalized spacial score (nSPS) is 16.5. The molecule has 0 spiro atoms. The van der Waals surface area contributed by atoms with E-state index >= 15 is 0 Å². The smallest absolute Gasteiger partial charge is 0.268 e. The minimum Gasteiger partial charge on any atom is -0.369 e. The number of aryl methyl sites for hydroxylation is 1. The quantitative estimate of drug-likeness (QED) is 0.743. The van der Waals surface area contributed by atoms with E-state index in [1.54, 1.807) is 19.3 Å². The van der Waals surface area contributed by atoms with E-state index in [4.69, 9.17) is 0 Å². The number of anilines is 1. The summed E-state index contributed by atoms with van der Waals surface area (Å²) in [5.74, 6) is 0.0447. The Morgan fingerprint density at radius 3 is 2.82 bits per heavy atom. The summed E-state index contributed by atoms with van der Waals surface area (Å²) in [6.07, 6.45) is 2.48. The first kappa shape index (κ1) is 20.1. The van der Waals surface area contributed by atoms with Crippen LogP contribution in [-0.2, 0) is 18.4 Å². The molecule has 1 aromatic carbocycles. The van der Waals surface area contributed by atoms with Crippen molar-refractivity contribution in [2.75, 3.05) is 37.6 Å². The standard InChI is InChI=1S/C21H29N5O2/c1-3-25(15-17-7-5-4-6-8-17)12-10-22-21(28)18-9-11-26(16-18)19-13-20(27)24(2)23-14-19/h4-8,13-14,18H,3,9-12,15-16H2,1-2H3,(H,22,28). The van der Waals surface area contributed by atoms with Crippen LogP contribution in [0.25, 0.3) is 0 Å². The van der Waals surface area contributed by atoms with E-state index in [0.29, 0.717) is 13.1 Å². The summed E-state index contributed by atoms with van der Waals surface area (Å²) in [6, 6.07) is 12.0. The monoisotopic (exact) mass is 383 g/mol. The summed E-state index contributed by atoms with van der Waals surface area (Å²) in [7, 11) is 1.63. The molecule has 0 aliphatic carbocycles. The zero-order valence-electron chi connectivity index (χ0n) is 16.7. The summed E-state index contributed by atoms with van der Waals surface area (Å²) < 4.78 is 1.30. The van der Waals surface area contributed by atoms with Gasteiger partial charge in [-0.1, -0.05) is 37.3 Å². The van der Waals surface area contributed by atoms with Gasteiger partial charge in [-0.25, -0.2) is 4.68 Å². The van der Waals surface area contributed by atoms with E-state index in [-0.39, 0.29) is 17.4 Å². The Bertz CT molecular complexity index is 836. The number of carbonyl (C=O) groups excluding carboxylic acids is 1. The number of amides is 1. The number of likely N-dealkylation sites (N-methyl/N-ethyl adjacent to an activating group) is 1. The van der Waals surface area contributed by atoms with Crippen molar-refractivity contribution >= 4 is 11.6 Å². The van der Waals surface area contributed by atoms with E-state index in [9.17, 15) is 9.59 Å². The molecule has 1 atom stereocenters. The number of nitrogens with one attached hydrogen (secondary N) is 1. The van der Waals surface area contributed by atoms with Crippen LogP contribution in [0.1, 0.15) is 18.9 Å². The molecule has 1 amide bonds. The van der Waals surface area contributed by atoms with E-state index in [2.05, 4.69) is 51.4 Å². The van der Waals surface area contributed by atoms with Crippen molar-refractivity contribution < 1.29 is 4.79 Å². The molecule has 0 saturated carbocycles. The highest BCUT2D eigenvalue weighted by Gasteiger charge is 2.28. The van der Waals surface area contributed by atoms with Crippen molar-refractivity contribution in [2.45, 2.75) is 19.9 Å². The van der Waals surface area contributed by atoms with Crippen molar-refractivity contribution in [2.24, 2.45) is 13.0 Å². The van der Waals surface area contributed by atoms with Gasteiger partial charge in [0.15, 0.2) is 0 Å². The van der Waals surface area contributed by atoms with E-state index in [1.807, 2.05) is 6.07 Å². The summed E-state index contributed by atoms with van der Waals surface area (Å²) in [6.45, 7) is 6.83. The van der Waals surface area contributed by atoms with Gasteiger partial charge < -0.3 is 10.2 Å². The van der Waals surface area contributed by atoms with Gasteiger partial charge in [0.05, 0.1) is 17.8 Å². The Kier molecular flexibility index (Phi) is 6.81. The molecule has 3 rings (SSSR count). The first-order chi connectivity index (χ1) is 13.6. The molecule has 1 aliphatic rings. The highest BCUT2D eigenvalue weighted by molar-refractivity contribution is 5.80.